The number of rotatable bonds is 6. The Hall–Kier alpha value is -2.76. The highest BCUT2D eigenvalue weighted by atomic mass is 32.2. The fourth-order valence-corrected chi connectivity index (χ4v) is 6.94. The van der Waals surface area contributed by atoms with Gasteiger partial charge in [-0.2, -0.15) is 0 Å². The summed E-state index contributed by atoms with van der Waals surface area (Å²) in [5.74, 6) is 0.425. The number of thioether (sulfide) groups is 1. The fraction of sp³-hybridized carbons (Fsp3) is 0.273. The quantitative estimate of drug-likeness (QED) is 0.369. The first-order chi connectivity index (χ1) is 15.9. The van der Waals surface area contributed by atoms with E-state index >= 15 is 0 Å². The van der Waals surface area contributed by atoms with Crippen LogP contribution in [0, 0.1) is 0 Å². The second kappa shape index (κ2) is 8.88. The van der Waals surface area contributed by atoms with Gasteiger partial charge in [-0.3, -0.25) is 4.79 Å². The Kier molecular flexibility index (Phi) is 5.94. The first-order valence-corrected chi connectivity index (χ1v) is 13.9. The summed E-state index contributed by atoms with van der Waals surface area (Å²) >= 11 is 2.75. The number of carbonyl (C=O) groups excluding carboxylic acids is 1. The van der Waals surface area contributed by atoms with E-state index in [0.29, 0.717) is 12.3 Å². The molecule has 1 aromatic carbocycles. The summed E-state index contributed by atoms with van der Waals surface area (Å²) in [6, 6.07) is 13.4. The molecule has 5 rings (SSSR count). The first-order valence-electron chi connectivity index (χ1n) is 10.3. The van der Waals surface area contributed by atoms with Crippen molar-refractivity contribution in [2.24, 2.45) is 0 Å². The van der Waals surface area contributed by atoms with Gasteiger partial charge in [-0.1, -0.05) is 36.0 Å². The van der Waals surface area contributed by atoms with Crippen LogP contribution in [0.4, 0.5) is 0 Å². The lowest BCUT2D eigenvalue weighted by Crippen LogP contribution is -2.38. The molecule has 1 fully saturated rings. The summed E-state index contributed by atoms with van der Waals surface area (Å²) in [5.41, 5.74) is 2.44. The molecule has 11 heteroatoms. The molecule has 1 aliphatic heterocycles. The molecule has 3 aromatic heterocycles. The molecular weight excluding hydrogens is 480 g/mol. The van der Waals surface area contributed by atoms with E-state index < -0.39 is 9.84 Å². The zero-order valence-corrected chi connectivity index (χ0v) is 20.1. The number of para-hydroxylation sites is 1. The van der Waals surface area contributed by atoms with E-state index in [0.717, 1.165) is 38.8 Å². The predicted molar refractivity (Wildman–Crippen MR) is 129 cm³/mol. The van der Waals surface area contributed by atoms with Crippen LogP contribution in [0.25, 0.3) is 32.9 Å². The standard InChI is InChI=1S/C22H20N4O4S3/c1-26(14-8-10-33(28,29)13-14)20(27)12-32-22-25-24-21(30-22)16-11-18(19-7-4-9-31-19)23-17-6-3-2-5-15(16)17/h2-7,9,11,14H,8,10,12-13H2,1H3. The van der Waals surface area contributed by atoms with Gasteiger partial charge in [-0.25, -0.2) is 13.4 Å². The van der Waals surface area contributed by atoms with E-state index in [9.17, 15) is 13.2 Å². The number of hydrogen-bond acceptors (Lipinski definition) is 9. The van der Waals surface area contributed by atoms with Gasteiger partial charge in [0.05, 0.1) is 38.9 Å². The van der Waals surface area contributed by atoms with Crippen molar-refractivity contribution >= 4 is 49.7 Å². The molecule has 8 nitrogen and oxygen atoms in total. The summed E-state index contributed by atoms with van der Waals surface area (Å²) in [7, 11) is -1.41. The normalized spacial score (nSPS) is 17.4. The molecule has 4 aromatic rings. The summed E-state index contributed by atoms with van der Waals surface area (Å²) < 4.78 is 29.3. The first kappa shape index (κ1) is 22.1. The molecule has 33 heavy (non-hydrogen) atoms. The Morgan fingerprint density at radius 1 is 1.24 bits per heavy atom. The zero-order chi connectivity index (χ0) is 23.0. The van der Waals surface area contributed by atoms with Crippen molar-refractivity contribution in [2.45, 2.75) is 17.7 Å². The maximum absolute atomic E-state index is 12.6. The lowest BCUT2D eigenvalue weighted by atomic mass is 10.1. The van der Waals surface area contributed by atoms with Crippen LogP contribution < -0.4 is 0 Å². The molecule has 1 atom stereocenters. The maximum Gasteiger partial charge on any atom is 0.277 e. The number of aromatic nitrogens is 3. The second-order valence-electron chi connectivity index (χ2n) is 7.77. The van der Waals surface area contributed by atoms with Gasteiger partial charge < -0.3 is 9.32 Å². The largest absolute Gasteiger partial charge is 0.411 e. The zero-order valence-electron chi connectivity index (χ0n) is 17.7. The molecule has 1 saturated heterocycles. The van der Waals surface area contributed by atoms with Gasteiger partial charge in [-0.15, -0.1) is 21.5 Å². The Labute approximate surface area is 199 Å². The number of carbonyl (C=O) groups is 1. The van der Waals surface area contributed by atoms with Gasteiger partial charge in [0.2, 0.25) is 11.8 Å². The van der Waals surface area contributed by atoms with Crippen LogP contribution in [0.15, 0.2) is 57.5 Å². The molecule has 4 heterocycles. The molecule has 170 valence electrons. The topological polar surface area (TPSA) is 106 Å². The SMILES string of the molecule is CN(C(=O)CSc1nnc(-c2cc(-c3cccs3)nc3ccccc23)o1)C1CCS(=O)(=O)C1. The average Bonchev–Trinajstić information content (AvgIpc) is 3.57. The van der Waals surface area contributed by atoms with Crippen LogP contribution >= 0.6 is 23.1 Å². The highest BCUT2D eigenvalue weighted by Gasteiger charge is 2.32. The van der Waals surface area contributed by atoms with Crippen molar-refractivity contribution in [1.29, 1.82) is 0 Å². The van der Waals surface area contributed by atoms with Crippen molar-refractivity contribution in [3.8, 4) is 22.0 Å². The number of sulfone groups is 1. The van der Waals surface area contributed by atoms with E-state index in [1.807, 2.05) is 47.8 Å². The molecule has 0 spiro atoms. The molecule has 1 aliphatic rings. The van der Waals surface area contributed by atoms with Crippen LogP contribution in [0.1, 0.15) is 6.42 Å². The molecule has 1 unspecified atom stereocenters. The van der Waals surface area contributed by atoms with Crippen molar-refractivity contribution in [1.82, 2.24) is 20.1 Å². The van der Waals surface area contributed by atoms with E-state index in [1.54, 1.807) is 18.4 Å². The molecule has 1 amide bonds. The third-order valence-electron chi connectivity index (χ3n) is 5.60. The average molecular weight is 501 g/mol. The smallest absolute Gasteiger partial charge is 0.277 e. The third kappa shape index (κ3) is 4.66. The lowest BCUT2D eigenvalue weighted by molar-refractivity contribution is -0.128. The van der Waals surface area contributed by atoms with Crippen molar-refractivity contribution in [2.75, 3.05) is 24.3 Å². The highest BCUT2D eigenvalue weighted by molar-refractivity contribution is 7.99. The summed E-state index contributed by atoms with van der Waals surface area (Å²) in [6.45, 7) is 0. The van der Waals surface area contributed by atoms with E-state index in [2.05, 4.69) is 10.2 Å². The summed E-state index contributed by atoms with van der Waals surface area (Å²) in [4.78, 5) is 19.9. The molecule has 0 radical (unpaired) electrons. The maximum atomic E-state index is 12.6. The molecular formula is C22H20N4O4S3. The number of fused-ring (bicyclic) bond motifs is 1. The third-order valence-corrected chi connectivity index (χ3v) is 9.04. The molecule has 0 N–H and O–H groups in total. The van der Waals surface area contributed by atoms with Crippen LogP contribution in [0.2, 0.25) is 0 Å². The van der Waals surface area contributed by atoms with E-state index in [4.69, 9.17) is 9.40 Å². The fourth-order valence-electron chi connectivity index (χ4n) is 3.79. The van der Waals surface area contributed by atoms with E-state index in [1.165, 1.54) is 4.90 Å². The monoisotopic (exact) mass is 500 g/mol. The van der Waals surface area contributed by atoms with Crippen molar-refractivity contribution in [3.05, 3.63) is 47.8 Å². The molecule has 0 saturated carbocycles. The van der Waals surface area contributed by atoms with Crippen LogP contribution in [-0.4, -0.2) is 64.8 Å². The van der Waals surface area contributed by atoms with Gasteiger partial charge in [-0.05, 0) is 30.0 Å². The lowest BCUT2D eigenvalue weighted by Gasteiger charge is -2.22. The van der Waals surface area contributed by atoms with Gasteiger partial charge in [0.1, 0.15) is 0 Å². The van der Waals surface area contributed by atoms with Gasteiger partial charge >= 0.3 is 0 Å². The van der Waals surface area contributed by atoms with Crippen LogP contribution in [-0.2, 0) is 14.6 Å². The minimum absolute atomic E-state index is 0.0201. The predicted octanol–water partition coefficient (Wildman–Crippen LogP) is 3.75. The van der Waals surface area contributed by atoms with Gasteiger partial charge in [0, 0.05) is 18.5 Å². The molecule has 0 bridgehead atoms. The number of thiophene rings is 1. The number of pyridine rings is 1. The summed E-state index contributed by atoms with van der Waals surface area (Å²) in [5, 5.41) is 11.5. The van der Waals surface area contributed by atoms with Crippen molar-refractivity contribution < 1.29 is 17.6 Å². The number of benzene rings is 1. The minimum atomic E-state index is -3.05. The molecule has 0 aliphatic carbocycles. The van der Waals surface area contributed by atoms with Gasteiger partial charge in [0.25, 0.3) is 5.22 Å². The minimum Gasteiger partial charge on any atom is -0.411 e. The number of hydrogen-bond donors (Lipinski definition) is 0. The Bertz CT molecular complexity index is 1420. The van der Waals surface area contributed by atoms with Crippen LogP contribution in [0.3, 0.4) is 0 Å². The Balaban J connectivity index is 1.35. The Morgan fingerprint density at radius 2 is 2.09 bits per heavy atom. The van der Waals surface area contributed by atoms with Crippen LogP contribution in [0.5, 0.6) is 0 Å². The summed E-state index contributed by atoms with van der Waals surface area (Å²) in [6.07, 6.45) is 0.474. The Morgan fingerprint density at radius 3 is 2.85 bits per heavy atom. The number of amides is 1. The van der Waals surface area contributed by atoms with Crippen molar-refractivity contribution in [3.63, 3.8) is 0 Å². The van der Waals surface area contributed by atoms with Gasteiger partial charge in [0.15, 0.2) is 9.84 Å². The number of nitrogens with zero attached hydrogens (tertiary/aromatic N) is 4. The highest BCUT2D eigenvalue weighted by Crippen LogP contribution is 2.34. The second-order valence-corrected chi connectivity index (χ2v) is 11.9. The van der Waals surface area contributed by atoms with E-state index in [-0.39, 0.29) is 34.4 Å².